The number of aliphatic carboxylic acids is 3. The Balaban J connectivity index is 0.000000404. The number of allylic oxidation sites excluding steroid dienone is 1. The summed E-state index contributed by atoms with van der Waals surface area (Å²) < 4.78 is 65.0. The maximum absolute atomic E-state index is 11.9. The predicted molar refractivity (Wildman–Crippen MR) is 106 cm³/mol. The van der Waals surface area contributed by atoms with Gasteiger partial charge in [-0.3, -0.25) is 0 Å². The van der Waals surface area contributed by atoms with E-state index in [0.29, 0.717) is 16.2 Å². The van der Waals surface area contributed by atoms with E-state index in [2.05, 4.69) is 5.73 Å². The Morgan fingerprint density at radius 3 is 2.08 bits per heavy atom. The van der Waals surface area contributed by atoms with Crippen molar-refractivity contribution in [2.24, 2.45) is 7.05 Å². The van der Waals surface area contributed by atoms with Crippen LogP contribution in [0.5, 0.6) is 0 Å². The van der Waals surface area contributed by atoms with Gasteiger partial charge in [-0.15, -0.1) is 0 Å². The van der Waals surface area contributed by atoms with Gasteiger partial charge in [0.15, 0.2) is 18.1 Å². The molecule has 4 N–H and O–H groups in total. The van der Waals surface area contributed by atoms with Crippen molar-refractivity contribution in [3.8, 4) is 0 Å². The summed E-state index contributed by atoms with van der Waals surface area (Å²) in [4.78, 5) is 42.4. The van der Waals surface area contributed by atoms with E-state index < -0.39 is 30.3 Å². The first-order valence-corrected chi connectivity index (χ1v) is 11.5. The summed E-state index contributed by atoms with van der Waals surface area (Å²) in [5.74, 6) is -6.91. The van der Waals surface area contributed by atoms with Crippen LogP contribution >= 0.6 is 23.5 Å². The van der Waals surface area contributed by atoms with Gasteiger partial charge in [0.05, 0.1) is 4.90 Å². The second-order valence-electron chi connectivity index (χ2n) is 7.00. The van der Waals surface area contributed by atoms with Crippen molar-refractivity contribution in [3.63, 3.8) is 0 Å². The van der Waals surface area contributed by atoms with Crippen LogP contribution in [0.2, 0.25) is 0 Å². The zero-order chi connectivity index (χ0) is 28.7. The summed E-state index contributed by atoms with van der Waals surface area (Å²) in [7, 11) is 1.94. The summed E-state index contributed by atoms with van der Waals surface area (Å²) in [6.45, 7) is 0. The summed E-state index contributed by atoms with van der Waals surface area (Å²) in [6, 6.07) is 3.58. The number of nitrogens with one attached hydrogen (secondary N) is 1. The number of hydrogen-bond donors (Lipinski definition) is 2. The Kier molecular flexibility index (Phi) is 11.2. The molecule has 1 amide bonds. The molecule has 1 unspecified atom stereocenters. The van der Waals surface area contributed by atoms with Crippen molar-refractivity contribution in [1.82, 2.24) is 0 Å². The lowest BCUT2D eigenvalue weighted by Crippen LogP contribution is -3.31. The Labute approximate surface area is 212 Å². The van der Waals surface area contributed by atoms with Crippen LogP contribution in [-0.4, -0.2) is 53.3 Å². The molecule has 0 bridgehead atoms. The molecule has 2 aliphatic rings. The largest absolute Gasteiger partial charge is 0.542 e. The van der Waals surface area contributed by atoms with Crippen LogP contribution in [-0.2, 0) is 26.2 Å². The van der Waals surface area contributed by atoms with Gasteiger partial charge in [-0.1, -0.05) is 23.5 Å². The monoisotopic (exact) mass is 577 g/mol. The normalized spacial score (nSPS) is 21.1. The molecule has 1 fully saturated rings. The fourth-order valence-corrected chi connectivity index (χ4v) is 4.80. The SMILES string of the molecule is C[n+]1cccc(S/C=C/C2=C(C(=O)[O-])[NH+]3C(=O)[C@@H]([NH3+])[C@H]3SC2)c1.O=C([O-])C(F)(F)F.O=C([O-])C(F)(F)F. The molecule has 1 aromatic rings. The van der Waals surface area contributed by atoms with Gasteiger partial charge in [0.2, 0.25) is 5.37 Å². The molecule has 3 atom stereocenters. The first-order valence-electron chi connectivity index (χ1n) is 9.53. The van der Waals surface area contributed by atoms with Crippen LogP contribution in [0.4, 0.5) is 26.3 Å². The van der Waals surface area contributed by atoms with E-state index >= 15 is 0 Å². The number of carboxylic acid groups (broad SMARTS) is 3. The molecular weight excluding hydrogens is 560 g/mol. The van der Waals surface area contributed by atoms with Gasteiger partial charge in [-0.2, -0.15) is 26.3 Å². The van der Waals surface area contributed by atoms with Crippen LogP contribution in [0, 0.1) is 0 Å². The number of pyridine rings is 1. The van der Waals surface area contributed by atoms with Gasteiger partial charge in [0, 0.05) is 17.4 Å². The number of carbonyl (C=O) groups is 4. The maximum atomic E-state index is 11.9. The second-order valence-corrected chi connectivity index (χ2v) is 9.11. The van der Waals surface area contributed by atoms with Gasteiger partial charge in [-0.25, -0.2) is 14.3 Å². The van der Waals surface area contributed by atoms with Crippen molar-refractivity contribution >= 4 is 47.3 Å². The van der Waals surface area contributed by atoms with Gasteiger partial charge in [-0.05, 0) is 17.6 Å². The zero-order valence-electron chi connectivity index (χ0n) is 18.4. The van der Waals surface area contributed by atoms with Crippen molar-refractivity contribution in [2.75, 3.05) is 5.75 Å². The number of alkyl halides is 6. The standard InChI is InChI=1S/C15H15N3O3S2.2C2HF3O2/c1-17-5-2-3-10(7-17)22-6-4-9-8-23-14-11(16)13(19)18(14)12(9)15(20)21;2*3-2(4,5)1(6)7/h2-7,11,14H,8,16H2,1H3;2*(H,6,7)/b6-4+;;/t11-,14-;;/m1../s1. The molecule has 0 saturated carbocycles. The first-order chi connectivity index (χ1) is 16.9. The smallest absolute Gasteiger partial charge is 0.430 e. The molecule has 18 heteroatoms. The number of thioether (sulfide) groups is 2. The molecule has 2 aliphatic heterocycles. The number of carbonyl (C=O) groups excluding carboxylic acids is 4. The number of halogens is 6. The van der Waals surface area contributed by atoms with Crippen molar-refractivity contribution in [1.29, 1.82) is 0 Å². The minimum absolute atomic E-state index is 0.0640. The third kappa shape index (κ3) is 9.38. The van der Waals surface area contributed by atoms with E-state index in [1.54, 1.807) is 17.8 Å². The lowest BCUT2D eigenvalue weighted by atomic mass is 10.0. The minimum Gasteiger partial charge on any atom is -0.542 e. The Hall–Kier alpha value is -3.09. The van der Waals surface area contributed by atoms with Crippen molar-refractivity contribution in [3.05, 3.63) is 47.3 Å². The average molecular weight is 577 g/mol. The van der Waals surface area contributed by atoms with Crippen LogP contribution in [0.25, 0.3) is 0 Å². The molecule has 0 spiro atoms. The third-order valence-corrected chi connectivity index (χ3v) is 6.50. The van der Waals surface area contributed by atoms with Gasteiger partial charge in [0.25, 0.3) is 6.04 Å². The van der Waals surface area contributed by atoms with Crippen LogP contribution in [0.3, 0.4) is 0 Å². The molecule has 204 valence electrons. The molecule has 10 nitrogen and oxygen atoms in total. The summed E-state index contributed by atoms with van der Waals surface area (Å²) >= 11 is 3.07. The lowest BCUT2D eigenvalue weighted by Gasteiger charge is -2.40. The topological polar surface area (TPSA) is 173 Å². The number of hydrogen-bond acceptors (Lipinski definition) is 9. The molecule has 37 heavy (non-hydrogen) atoms. The number of aromatic nitrogens is 1. The highest BCUT2D eigenvalue weighted by Crippen LogP contribution is 2.26. The van der Waals surface area contributed by atoms with E-state index in [9.17, 15) is 41.0 Å². The van der Waals surface area contributed by atoms with Crippen LogP contribution in [0.1, 0.15) is 0 Å². The number of fused-ring (bicyclic) bond motifs is 1. The van der Waals surface area contributed by atoms with E-state index in [4.69, 9.17) is 19.8 Å². The van der Waals surface area contributed by atoms with E-state index in [0.717, 1.165) is 4.90 Å². The number of β-lactam (4-membered cyclic amide) rings is 1. The summed E-state index contributed by atoms with van der Waals surface area (Å²) in [6.07, 6.45) is -4.70. The lowest BCUT2D eigenvalue weighted by molar-refractivity contribution is -0.849. The highest BCUT2D eigenvalue weighted by atomic mass is 32.2. The first kappa shape index (κ1) is 31.9. The van der Waals surface area contributed by atoms with Gasteiger partial charge < -0.3 is 35.4 Å². The van der Waals surface area contributed by atoms with E-state index in [1.807, 2.05) is 41.5 Å². The highest BCUT2D eigenvalue weighted by Gasteiger charge is 2.59. The quantitative estimate of drug-likeness (QED) is 0.156. The molecule has 3 rings (SSSR count). The number of carboxylic acids is 3. The van der Waals surface area contributed by atoms with Gasteiger partial charge in [0.1, 0.15) is 25.0 Å². The molecule has 0 aliphatic carbocycles. The summed E-state index contributed by atoms with van der Waals surface area (Å²) in [5.41, 5.74) is 4.48. The number of quaternary nitrogens is 2. The number of rotatable bonds is 4. The Bertz CT molecular complexity index is 1080. The number of aryl methyl sites for hydroxylation is 1. The molecule has 1 saturated heterocycles. The van der Waals surface area contributed by atoms with Crippen molar-refractivity contribution in [2.45, 2.75) is 28.7 Å². The third-order valence-electron chi connectivity index (χ3n) is 4.31. The zero-order valence-corrected chi connectivity index (χ0v) is 20.1. The second kappa shape index (κ2) is 12.9. The average Bonchev–Trinajstić information content (AvgIpc) is 2.77. The maximum Gasteiger partial charge on any atom is 0.430 e. The fourth-order valence-electron chi connectivity index (χ4n) is 2.67. The number of nitrogens with zero attached hydrogens (tertiary/aromatic N) is 1. The highest BCUT2D eigenvalue weighted by molar-refractivity contribution is 8.02. The van der Waals surface area contributed by atoms with Crippen LogP contribution in [0.15, 0.2) is 52.2 Å². The molecule has 0 aromatic carbocycles. The number of amides is 1. The minimum atomic E-state index is -5.19. The van der Waals surface area contributed by atoms with Gasteiger partial charge >= 0.3 is 18.3 Å². The molecule has 3 heterocycles. The Morgan fingerprint density at radius 2 is 1.65 bits per heavy atom. The predicted octanol–water partition coefficient (Wildman–Crippen LogP) is -4.17. The molecule has 0 radical (unpaired) electrons. The Morgan fingerprint density at radius 1 is 1.14 bits per heavy atom. The fraction of sp³-hybridized carbons (Fsp3) is 0.316. The van der Waals surface area contributed by atoms with E-state index in [1.165, 1.54) is 11.8 Å². The molecular formula is C19H17F6N3O7S2. The summed E-state index contributed by atoms with van der Waals surface area (Å²) in [5, 5.41) is 30.8. The van der Waals surface area contributed by atoms with Crippen LogP contribution < -0.4 is 30.5 Å². The molecule has 1 aromatic heterocycles. The van der Waals surface area contributed by atoms with Crippen molar-refractivity contribution < 1.29 is 76.0 Å². The van der Waals surface area contributed by atoms with E-state index in [-0.39, 0.29) is 23.0 Å².